The highest BCUT2D eigenvalue weighted by atomic mass is 127. The van der Waals surface area contributed by atoms with E-state index < -0.39 is 17.6 Å². The lowest BCUT2D eigenvalue weighted by Gasteiger charge is -2.13. The number of guanidine groups is 1. The van der Waals surface area contributed by atoms with E-state index in [1.54, 1.807) is 13.1 Å². The van der Waals surface area contributed by atoms with Crippen LogP contribution in [0.5, 0.6) is 5.75 Å². The molecule has 9 heteroatoms. The lowest BCUT2D eigenvalue weighted by atomic mass is 10.1. The Morgan fingerprint density at radius 3 is 2.04 bits per heavy atom. The van der Waals surface area contributed by atoms with Crippen LogP contribution >= 0.6 is 24.0 Å². The van der Waals surface area contributed by atoms with Crippen LogP contribution in [-0.2, 0) is 19.3 Å². The van der Waals surface area contributed by atoms with Crippen LogP contribution < -0.4 is 15.4 Å². The normalized spacial score (nSPS) is 11.6. The van der Waals surface area contributed by atoms with Gasteiger partial charge in [-0.2, -0.15) is 13.2 Å². The molecule has 0 aliphatic rings. The quantitative estimate of drug-likeness (QED) is 0.280. The molecule has 0 amide bonds. The Balaban J connectivity index is 0.00000364. The van der Waals surface area contributed by atoms with Crippen LogP contribution in [0.2, 0.25) is 0 Å². The third-order valence-corrected chi connectivity index (χ3v) is 3.64. The highest BCUT2D eigenvalue weighted by Crippen LogP contribution is 2.29. The average molecular weight is 497 g/mol. The number of alkyl halides is 3. The van der Waals surface area contributed by atoms with Gasteiger partial charge in [-0.25, -0.2) is 4.39 Å². The van der Waals surface area contributed by atoms with Gasteiger partial charge in [-0.05, 0) is 35.4 Å². The van der Waals surface area contributed by atoms with Gasteiger partial charge < -0.3 is 15.4 Å². The summed E-state index contributed by atoms with van der Waals surface area (Å²) in [6.07, 6.45) is -4.35. The maximum Gasteiger partial charge on any atom is 0.416 e. The van der Waals surface area contributed by atoms with Gasteiger partial charge in [0.2, 0.25) is 0 Å². The molecule has 2 aromatic carbocycles. The molecule has 0 heterocycles. The fourth-order valence-electron chi connectivity index (χ4n) is 2.22. The molecule has 148 valence electrons. The number of nitrogens with zero attached hydrogens (tertiary/aromatic N) is 1. The van der Waals surface area contributed by atoms with Crippen LogP contribution in [0.1, 0.15) is 16.7 Å². The van der Waals surface area contributed by atoms with Crippen molar-refractivity contribution in [3.8, 4) is 5.75 Å². The Morgan fingerprint density at radius 1 is 1.00 bits per heavy atom. The highest BCUT2D eigenvalue weighted by Gasteiger charge is 2.29. The smallest absolute Gasteiger partial charge is 0.416 e. The second-order valence-electron chi connectivity index (χ2n) is 5.44. The molecule has 0 radical (unpaired) electrons. The Hall–Kier alpha value is -2.04. The van der Waals surface area contributed by atoms with E-state index in [0.717, 1.165) is 12.1 Å². The number of rotatable bonds is 5. The summed E-state index contributed by atoms with van der Waals surface area (Å²) in [5.74, 6) is 0.152. The summed E-state index contributed by atoms with van der Waals surface area (Å²) >= 11 is 0. The van der Waals surface area contributed by atoms with E-state index in [1.807, 2.05) is 0 Å². The Kier molecular flexibility index (Phi) is 8.80. The Morgan fingerprint density at radius 2 is 1.56 bits per heavy atom. The largest absolute Gasteiger partial charge is 0.494 e. The molecule has 0 saturated heterocycles. The lowest BCUT2D eigenvalue weighted by Crippen LogP contribution is -2.36. The molecule has 0 bridgehead atoms. The second-order valence-corrected chi connectivity index (χ2v) is 5.44. The van der Waals surface area contributed by atoms with Crippen molar-refractivity contribution in [1.29, 1.82) is 0 Å². The van der Waals surface area contributed by atoms with E-state index in [-0.39, 0.29) is 29.7 Å². The zero-order valence-electron chi connectivity index (χ0n) is 14.7. The van der Waals surface area contributed by atoms with Crippen molar-refractivity contribution < 1.29 is 22.3 Å². The first-order valence-electron chi connectivity index (χ1n) is 7.76. The zero-order valence-corrected chi connectivity index (χ0v) is 17.1. The van der Waals surface area contributed by atoms with E-state index in [2.05, 4.69) is 15.6 Å². The number of hydrogen-bond acceptors (Lipinski definition) is 2. The first-order chi connectivity index (χ1) is 12.3. The summed E-state index contributed by atoms with van der Waals surface area (Å²) in [6, 6.07) is 9.49. The van der Waals surface area contributed by atoms with Crippen molar-refractivity contribution in [1.82, 2.24) is 10.6 Å². The van der Waals surface area contributed by atoms with Crippen molar-refractivity contribution in [3.05, 3.63) is 65.0 Å². The molecular formula is C18H20F4IN3O. The van der Waals surface area contributed by atoms with E-state index in [1.165, 1.54) is 31.4 Å². The van der Waals surface area contributed by atoms with Gasteiger partial charge >= 0.3 is 6.18 Å². The maximum atomic E-state index is 13.7. The van der Waals surface area contributed by atoms with Crippen LogP contribution in [0.25, 0.3) is 0 Å². The van der Waals surface area contributed by atoms with Gasteiger partial charge in [0, 0.05) is 20.1 Å². The minimum atomic E-state index is -4.35. The molecule has 0 saturated carbocycles. The molecular weight excluding hydrogens is 477 g/mol. The molecule has 2 rings (SSSR count). The molecule has 0 unspecified atom stereocenters. The minimum absolute atomic E-state index is 0. The summed E-state index contributed by atoms with van der Waals surface area (Å²) in [5.41, 5.74) is 0.683. The van der Waals surface area contributed by atoms with Crippen LogP contribution in [0, 0.1) is 5.82 Å². The summed E-state index contributed by atoms with van der Waals surface area (Å²) in [6.45, 7) is 0.627. The average Bonchev–Trinajstić information content (AvgIpc) is 2.61. The molecule has 0 fully saturated rings. The predicted molar refractivity (Wildman–Crippen MR) is 107 cm³/mol. The molecule has 0 aliphatic heterocycles. The van der Waals surface area contributed by atoms with Crippen LogP contribution in [0.4, 0.5) is 17.6 Å². The zero-order chi connectivity index (χ0) is 19.2. The van der Waals surface area contributed by atoms with Crippen molar-refractivity contribution in [3.63, 3.8) is 0 Å². The lowest BCUT2D eigenvalue weighted by molar-refractivity contribution is -0.137. The standard InChI is InChI=1S/C18H19F4N3O.HI/c1-23-17(25-11-13-5-8-16(26-2)15(19)9-13)24-10-12-3-6-14(7-4-12)18(20,21)22;/h3-9H,10-11H2,1-2H3,(H2,23,24,25);1H. The van der Waals surface area contributed by atoms with Gasteiger partial charge in [-0.3, -0.25) is 4.99 Å². The van der Waals surface area contributed by atoms with Crippen LogP contribution in [0.3, 0.4) is 0 Å². The number of aliphatic imine (C=N–C) groups is 1. The molecule has 27 heavy (non-hydrogen) atoms. The number of methoxy groups -OCH3 is 1. The first-order valence-corrected chi connectivity index (χ1v) is 7.76. The molecule has 2 aromatic rings. The number of ether oxygens (including phenoxy) is 1. The van der Waals surface area contributed by atoms with Crippen molar-refractivity contribution >= 4 is 29.9 Å². The summed E-state index contributed by atoms with van der Waals surface area (Å²) in [4.78, 5) is 4.03. The monoisotopic (exact) mass is 497 g/mol. The number of nitrogens with one attached hydrogen (secondary N) is 2. The van der Waals surface area contributed by atoms with E-state index in [9.17, 15) is 17.6 Å². The molecule has 4 nitrogen and oxygen atoms in total. The molecule has 2 N–H and O–H groups in total. The number of hydrogen-bond donors (Lipinski definition) is 2. The summed E-state index contributed by atoms with van der Waals surface area (Å²) < 4.78 is 56.2. The van der Waals surface area contributed by atoms with Gasteiger partial charge in [0.05, 0.1) is 12.7 Å². The second kappa shape index (κ2) is 10.3. The van der Waals surface area contributed by atoms with Gasteiger partial charge in [0.1, 0.15) is 0 Å². The third kappa shape index (κ3) is 6.89. The predicted octanol–water partition coefficient (Wildman–Crippen LogP) is 4.34. The third-order valence-electron chi connectivity index (χ3n) is 3.64. The van der Waals surface area contributed by atoms with Crippen molar-refractivity contribution in [2.75, 3.05) is 14.2 Å². The minimum Gasteiger partial charge on any atom is -0.494 e. The van der Waals surface area contributed by atoms with Gasteiger partial charge in [0.25, 0.3) is 0 Å². The summed E-state index contributed by atoms with van der Waals surface area (Å²) in [5, 5.41) is 6.00. The molecule has 0 spiro atoms. The Labute approximate surface area is 172 Å². The SMILES string of the molecule is CN=C(NCc1ccc(C(F)(F)F)cc1)NCc1ccc(OC)c(F)c1.I. The molecule has 0 aliphatic carbocycles. The maximum absolute atomic E-state index is 13.7. The van der Waals surface area contributed by atoms with Crippen molar-refractivity contribution in [2.24, 2.45) is 4.99 Å². The van der Waals surface area contributed by atoms with Gasteiger partial charge in [0.15, 0.2) is 17.5 Å². The van der Waals surface area contributed by atoms with E-state index >= 15 is 0 Å². The van der Waals surface area contributed by atoms with E-state index in [4.69, 9.17) is 4.74 Å². The Bertz CT molecular complexity index is 764. The van der Waals surface area contributed by atoms with E-state index in [0.29, 0.717) is 30.2 Å². The molecule has 0 aromatic heterocycles. The van der Waals surface area contributed by atoms with Gasteiger partial charge in [-0.1, -0.05) is 18.2 Å². The first kappa shape index (κ1) is 23.0. The van der Waals surface area contributed by atoms with Crippen LogP contribution in [-0.4, -0.2) is 20.1 Å². The topological polar surface area (TPSA) is 45.7 Å². The highest BCUT2D eigenvalue weighted by molar-refractivity contribution is 14.0. The number of halogens is 5. The molecule has 0 atom stereocenters. The summed E-state index contributed by atoms with van der Waals surface area (Å²) in [7, 11) is 2.96. The fraction of sp³-hybridized carbons (Fsp3) is 0.278. The van der Waals surface area contributed by atoms with Crippen LogP contribution in [0.15, 0.2) is 47.5 Å². The fourth-order valence-corrected chi connectivity index (χ4v) is 2.22. The van der Waals surface area contributed by atoms with Crippen molar-refractivity contribution in [2.45, 2.75) is 19.3 Å². The number of benzene rings is 2. The van der Waals surface area contributed by atoms with Gasteiger partial charge in [-0.15, -0.1) is 24.0 Å².